The maximum Gasteiger partial charge on any atom is 0.336 e. The Hall–Kier alpha value is -5.07. The number of nitrogens with one attached hydrogen (secondary N) is 2. The number of thiazole rings is 1. The van der Waals surface area contributed by atoms with E-state index in [0.717, 1.165) is 4.90 Å². The van der Waals surface area contributed by atoms with Crippen molar-refractivity contribution in [2.45, 2.75) is 17.1 Å². The third-order valence-corrected chi connectivity index (χ3v) is 8.09. The number of carboxylic acid groups (broad SMARTS) is 1. The minimum absolute atomic E-state index is 0.0415. The van der Waals surface area contributed by atoms with Gasteiger partial charge in [0.15, 0.2) is 5.13 Å². The molecule has 42 heavy (non-hydrogen) atoms. The largest absolute Gasteiger partial charge is 0.478 e. The molecule has 0 spiro atoms. The topological polar surface area (TPSA) is 152 Å². The van der Waals surface area contributed by atoms with E-state index >= 15 is 0 Å². The Morgan fingerprint density at radius 1 is 0.952 bits per heavy atom. The van der Waals surface area contributed by atoms with Gasteiger partial charge in [-0.05, 0) is 42.6 Å². The summed E-state index contributed by atoms with van der Waals surface area (Å²) in [6.07, 6.45) is 0. The van der Waals surface area contributed by atoms with Gasteiger partial charge in [-0.1, -0.05) is 42.5 Å². The Labute approximate surface area is 247 Å². The maximum absolute atomic E-state index is 13.2. The Morgan fingerprint density at radius 3 is 2.40 bits per heavy atom. The number of hydrogen-bond acceptors (Lipinski definition) is 8. The minimum Gasteiger partial charge on any atom is -0.478 e. The fourth-order valence-electron chi connectivity index (χ4n) is 4.26. The van der Waals surface area contributed by atoms with Crippen LogP contribution in [-0.2, 0) is 4.79 Å². The zero-order valence-electron chi connectivity index (χ0n) is 21.9. The van der Waals surface area contributed by atoms with Crippen molar-refractivity contribution in [2.75, 3.05) is 10.6 Å². The average Bonchev–Trinajstić information content (AvgIpc) is 3.45. The van der Waals surface area contributed by atoms with Gasteiger partial charge in [-0.2, -0.15) is 0 Å². The summed E-state index contributed by atoms with van der Waals surface area (Å²) in [7, 11) is 0. The Morgan fingerprint density at radius 2 is 1.67 bits per heavy atom. The lowest BCUT2D eigenvalue weighted by atomic mass is 9.98. The lowest BCUT2D eigenvalue weighted by molar-refractivity contribution is -0.384. The van der Waals surface area contributed by atoms with Gasteiger partial charge in [0.1, 0.15) is 0 Å². The number of thioether (sulfide) groups is 1. The summed E-state index contributed by atoms with van der Waals surface area (Å²) in [5.41, 5.74) is 1.82. The quantitative estimate of drug-likeness (QED) is 0.0937. The van der Waals surface area contributed by atoms with Crippen molar-refractivity contribution < 1.29 is 24.4 Å². The predicted molar refractivity (Wildman–Crippen MR) is 163 cm³/mol. The molecule has 3 N–H and O–H groups in total. The van der Waals surface area contributed by atoms with Crippen molar-refractivity contribution in [3.63, 3.8) is 0 Å². The number of aromatic carboxylic acids is 1. The second-order valence-electron chi connectivity index (χ2n) is 9.09. The molecule has 1 atom stereocenters. The predicted octanol–water partition coefficient (Wildman–Crippen LogP) is 6.94. The van der Waals surface area contributed by atoms with E-state index in [1.165, 1.54) is 41.3 Å². The number of fused-ring (bicyclic) bond motifs is 1. The SMILES string of the molecule is CC(Sc1cccc(NC(=O)c2cccc3cccc(C(=O)O)c23)c1)C(=O)Nc1nc(-c2cccc([N+](=O)[O-])c2)cs1. The molecule has 10 nitrogen and oxygen atoms in total. The van der Waals surface area contributed by atoms with E-state index < -0.39 is 22.0 Å². The number of anilines is 2. The highest BCUT2D eigenvalue weighted by Gasteiger charge is 2.19. The Balaban J connectivity index is 1.25. The number of non-ortho nitro benzene ring substituents is 1. The van der Waals surface area contributed by atoms with Crippen LogP contribution in [0.4, 0.5) is 16.5 Å². The van der Waals surface area contributed by atoms with Crippen LogP contribution < -0.4 is 10.6 Å². The number of aromatic nitrogens is 1. The number of amides is 2. The summed E-state index contributed by atoms with van der Waals surface area (Å²) in [6, 6.07) is 23.0. The lowest BCUT2D eigenvalue weighted by Gasteiger charge is -2.13. The third-order valence-electron chi connectivity index (χ3n) is 6.24. The second kappa shape index (κ2) is 12.2. The zero-order chi connectivity index (χ0) is 29.8. The van der Waals surface area contributed by atoms with Crippen LogP contribution in [0.3, 0.4) is 0 Å². The highest BCUT2D eigenvalue weighted by atomic mass is 32.2. The van der Waals surface area contributed by atoms with E-state index in [9.17, 15) is 29.6 Å². The van der Waals surface area contributed by atoms with Crippen LogP contribution in [0.1, 0.15) is 27.6 Å². The monoisotopic (exact) mass is 598 g/mol. The fourth-order valence-corrected chi connectivity index (χ4v) is 5.91. The van der Waals surface area contributed by atoms with Crippen LogP contribution in [0, 0.1) is 10.1 Å². The van der Waals surface area contributed by atoms with Crippen molar-refractivity contribution in [1.82, 2.24) is 4.98 Å². The van der Waals surface area contributed by atoms with Gasteiger partial charge in [-0.3, -0.25) is 19.7 Å². The van der Waals surface area contributed by atoms with Gasteiger partial charge in [0.25, 0.3) is 11.6 Å². The Kier molecular flexibility index (Phi) is 8.27. The molecule has 5 aromatic rings. The van der Waals surface area contributed by atoms with E-state index in [2.05, 4.69) is 15.6 Å². The van der Waals surface area contributed by atoms with Gasteiger partial charge in [0.2, 0.25) is 5.91 Å². The summed E-state index contributed by atoms with van der Waals surface area (Å²) < 4.78 is 0. The number of benzene rings is 4. The molecule has 0 bridgehead atoms. The summed E-state index contributed by atoms with van der Waals surface area (Å²) in [4.78, 5) is 53.6. The first kappa shape index (κ1) is 28.5. The van der Waals surface area contributed by atoms with E-state index in [1.807, 2.05) is 6.07 Å². The van der Waals surface area contributed by atoms with Crippen LogP contribution in [-0.4, -0.2) is 38.0 Å². The van der Waals surface area contributed by atoms with Crippen LogP contribution in [0.25, 0.3) is 22.0 Å². The highest BCUT2D eigenvalue weighted by Crippen LogP contribution is 2.30. The van der Waals surface area contributed by atoms with Gasteiger partial charge < -0.3 is 15.7 Å². The van der Waals surface area contributed by atoms with Crippen molar-refractivity contribution in [2.24, 2.45) is 0 Å². The molecule has 1 aromatic heterocycles. The van der Waals surface area contributed by atoms with Crippen LogP contribution in [0.2, 0.25) is 0 Å². The van der Waals surface area contributed by atoms with Gasteiger partial charge in [-0.15, -0.1) is 23.1 Å². The van der Waals surface area contributed by atoms with Gasteiger partial charge in [-0.25, -0.2) is 9.78 Å². The first-order valence-corrected chi connectivity index (χ1v) is 14.3. The number of nitro groups is 1. The second-order valence-corrected chi connectivity index (χ2v) is 11.4. The van der Waals surface area contributed by atoms with Crippen molar-refractivity contribution in [1.29, 1.82) is 0 Å². The molecule has 0 saturated heterocycles. The number of carboxylic acids is 1. The van der Waals surface area contributed by atoms with Gasteiger partial charge in [0, 0.05) is 44.6 Å². The molecule has 0 aliphatic rings. The molecule has 5 rings (SSSR count). The number of rotatable bonds is 9. The molecule has 12 heteroatoms. The van der Waals surface area contributed by atoms with Gasteiger partial charge in [0.05, 0.1) is 21.4 Å². The summed E-state index contributed by atoms with van der Waals surface area (Å²) >= 11 is 2.50. The highest BCUT2D eigenvalue weighted by molar-refractivity contribution is 8.00. The molecule has 2 amide bonds. The normalized spacial score (nSPS) is 11.5. The smallest absolute Gasteiger partial charge is 0.336 e. The Bertz CT molecular complexity index is 1850. The molecule has 1 heterocycles. The van der Waals surface area contributed by atoms with E-state index in [4.69, 9.17) is 0 Å². The number of hydrogen-bond donors (Lipinski definition) is 3. The lowest BCUT2D eigenvalue weighted by Crippen LogP contribution is -2.22. The van der Waals surface area contributed by atoms with Crippen LogP contribution in [0.15, 0.2) is 95.2 Å². The third kappa shape index (κ3) is 6.29. The minimum atomic E-state index is -1.12. The number of carbonyl (C=O) groups excluding carboxylic acids is 2. The zero-order valence-corrected chi connectivity index (χ0v) is 23.6. The van der Waals surface area contributed by atoms with Crippen molar-refractivity contribution in [3.8, 4) is 11.3 Å². The van der Waals surface area contributed by atoms with Crippen LogP contribution >= 0.6 is 23.1 Å². The number of nitrogens with zero attached hydrogens (tertiary/aromatic N) is 2. The molecular weight excluding hydrogens is 576 g/mol. The summed E-state index contributed by atoms with van der Waals surface area (Å²) in [6.45, 7) is 1.74. The van der Waals surface area contributed by atoms with Crippen molar-refractivity contribution in [3.05, 3.63) is 112 Å². The standard InChI is InChI=1S/C30H22N4O6S2/c1-17(27(35)33-30-32-25(16-41-30)19-8-2-10-21(14-19)34(39)40)42-22-11-5-9-20(15-22)31-28(36)23-12-3-6-18-7-4-13-24(26(18)23)29(37)38/h2-17H,1H3,(H,31,36)(H,37,38)(H,32,33,35). The summed E-state index contributed by atoms with van der Waals surface area (Å²) in [5, 5.41) is 28.9. The molecule has 1 unspecified atom stereocenters. The van der Waals surface area contributed by atoms with Gasteiger partial charge >= 0.3 is 5.97 Å². The molecular formula is C30H22N4O6S2. The van der Waals surface area contributed by atoms with Crippen LogP contribution in [0.5, 0.6) is 0 Å². The molecule has 0 aliphatic carbocycles. The van der Waals surface area contributed by atoms with E-state index in [0.29, 0.717) is 32.8 Å². The number of carbonyl (C=O) groups is 3. The maximum atomic E-state index is 13.2. The molecule has 0 radical (unpaired) electrons. The first-order valence-electron chi connectivity index (χ1n) is 12.5. The van der Waals surface area contributed by atoms with Crippen molar-refractivity contribution >= 4 is 68.2 Å². The molecule has 0 saturated carbocycles. The molecule has 0 fully saturated rings. The molecule has 0 aliphatic heterocycles. The first-order chi connectivity index (χ1) is 20.2. The summed E-state index contributed by atoms with van der Waals surface area (Å²) in [5.74, 6) is -1.86. The molecule has 4 aromatic carbocycles. The average molecular weight is 599 g/mol. The van der Waals surface area contributed by atoms with E-state index in [1.54, 1.807) is 73.0 Å². The van der Waals surface area contributed by atoms with E-state index in [-0.39, 0.29) is 22.7 Å². The fraction of sp³-hybridized carbons (Fsp3) is 0.0667. The number of nitro benzene ring substituents is 1. The molecule has 210 valence electrons.